The van der Waals surface area contributed by atoms with Crippen molar-refractivity contribution in [3.8, 4) is 5.75 Å². The van der Waals surface area contributed by atoms with Gasteiger partial charge in [0, 0.05) is 24.3 Å². The van der Waals surface area contributed by atoms with E-state index in [1.165, 1.54) is 22.5 Å². The summed E-state index contributed by atoms with van der Waals surface area (Å²) in [6, 6.07) is 5.83. The van der Waals surface area contributed by atoms with E-state index < -0.39 is 0 Å². The van der Waals surface area contributed by atoms with E-state index in [1.54, 1.807) is 7.11 Å². The number of fused-ring (bicyclic) bond motifs is 1. The molecule has 2 N–H and O–H groups in total. The molecule has 3 heterocycles. The van der Waals surface area contributed by atoms with E-state index in [1.807, 2.05) is 40.1 Å². The molecule has 2 saturated heterocycles. The van der Waals surface area contributed by atoms with Crippen molar-refractivity contribution in [1.29, 1.82) is 0 Å². The van der Waals surface area contributed by atoms with Gasteiger partial charge in [-0.2, -0.15) is 0 Å². The molecule has 0 radical (unpaired) electrons. The third-order valence-electron chi connectivity index (χ3n) is 6.17. The molecule has 0 bridgehead atoms. The van der Waals surface area contributed by atoms with Gasteiger partial charge >= 0.3 is 0 Å². The van der Waals surface area contributed by atoms with Crippen LogP contribution in [0.2, 0.25) is 0 Å². The lowest BCUT2D eigenvalue weighted by atomic mass is 9.97. The van der Waals surface area contributed by atoms with E-state index in [0.717, 1.165) is 68.3 Å². The molecule has 4 rings (SSSR count). The fourth-order valence-electron chi connectivity index (χ4n) is 4.28. The summed E-state index contributed by atoms with van der Waals surface area (Å²) in [6.45, 7) is 4.21. The van der Waals surface area contributed by atoms with Gasteiger partial charge < -0.3 is 20.3 Å². The highest BCUT2D eigenvalue weighted by Gasteiger charge is 2.25. The molecule has 30 heavy (non-hydrogen) atoms. The van der Waals surface area contributed by atoms with Crippen molar-refractivity contribution in [2.24, 2.45) is 5.73 Å². The number of likely N-dealkylation sites (tertiary alicyclic amines) is 1. The summed E-state index contributed by atoms with van der Waals surface area (Å²) in [6.07, 6.45) is 5.27. The number of benzene rings is 1. The van der Waals surface area contributed by atoms with E-state index in [4.69, 9.17) is 15.5 Å². The Morgan fingerprint density at radius 2 is 2.13 bits per heavy atom. The maximum absolute atomic E-state index is 12.3. The minimum absolute atomic E-state index is 0.134. The maximum Gasteiger partial charge on any atom is 0.240 e. The molecule has 8 heteroatoms. The SMILES string of the molecule is COc1ccc2sc(C3CCN(CCCC[C@H](N)C(=O)N4CCSC4)CC3)nc2c1. The predicted molar refractivity (Wildman–Crippen MR) is 125 cm³/mol. The molecular formula is C22H32N4O2S2. The van der Waals surface area contributed by atoms with Crippen molar-refractivity contribution in [2.75, 3.05) is 44.9 Å². The number of carbonyl (C=O) groups excluding carboxylic acids is 1. The second-order valence-corrected chi connectivity index (χ2v) is 10.4. The summed E-state index contributed by atoms with van der Waals surface area (Å²) < 4.78 is 6.56. The monoisotopic (exact) mass is 448 g/mol. The van der Waals surface area contributed by atoms with Crippen LogP contribution in [0.15, 0.2) is 18.2 Å². The Balaban J connectivity index is 1.17. The van der Waals surface area contributed by atoms with E-state index in [0.29, 0.717) is 5.92 Å². The Morgan fingerprint density at radius 3 is 2.87 bits per heavy atom. The predicted octanol–water partition coefficient (Wildman–Crippen LogP) is 3.51. The van der Waals surface area contributed by atoms with Gasteiger partial charge in [-0.15, -0.1) is 23.1 Å². The number of thioether (sulfide) groups is 1. The van der Waals surface area contributed by atoms with Crippen molar-refractivity contribution >= 4 is 39.2 Å². The van der Waals surface area contributed by atoms with E-state index in [-0.39, 0.29) is 11.9 Å². The summed E-state index contributed by atoms with van der Waals surface area (Å²) in [5.74, 6) is 3.42. The lowest BCUT2D eigenvalue weighted by molar-refractivity contribution is -0.131. The van der Waals surface area contributed by atoms with Crippen LogP contribution in [0, 0.1) is 0 Å². The Bertz CT molecular complexity index is 845. The van der Waals surface area contributed by atoms with Gasteiger partial charge in [0.1, 0.15) is 5.75 Å². The van der Waals surface area contributed by atoms with Gasteiger partial charge in [-0.3, -0.25) is 4.79 Å². The fraction of sp³-hybridized carbons (Fsp3) is 0.636. The first-order valence-electron chi connectivity index (χ1n) is 10.9. The second kappa shape index (κ2) is 10.3. The summed E-state index contributed by atoms with van der Waals surface area (Å²) in [7, 11) is 1.70. The van der Waals surface area contributed by atoms with Crippen molar-refractivity contribution in [3.05, 3.63) is 23.2 Å². The number of amides is 1. The van der Waals surface area contributed by atoms with Crippen LogP contribution in [-0.4, -0.2) is 71.7 Å². The van der Waals surface area contributed by atoms with Crippen molar-refractivity contribution < 1.29 is 9.53 Å². The van der Waals surface area contributed by atoms with Crippen LogP contribution >= 0.6 is 23.1 Å². The third kappa shape index (κ3) is 5.28. The summed E-state index contributed by atoms with van der Waals surface area (Å²) >= 11 is 3.64. The van der Waals surface area contributed by atoms with E-state index >= 15 is 0 Å². The number of aromatic nitrogens is 1. The number of methoxy groups -OCH3 is 1. The number of unbranched alkanes of at least 4 members (excludes halogenated alkanes) is 1. The van der Waals surface area contributed by atoms with Crippen molar-refractivity contribution in [2.45, 2.75) is 44.1 Å². The number of nitrogens with zero attached hydrogens (tertiary/aromatic N) is 3. The molecule has 2 aromatic rings. The Morgan fingerprint density at radius 1 is 1.30 bits per heavy atom. The van der Waals surface area contributed by atoms with Crippen LogP contribution in [0.4, 0.5) is 0 Å². The molecule has 1 aromatic heterocycles. The molecule has 0 aliphatic carbocycles. The van der Waals surface area contributed by atoms with Crippen LogP contribution in [0.25, 0.3) is 10.2 Å². The first-order valence-corrected chi connectivity index (χ1v) is 12.9. The molecule has 1 atom stereocenters. The molecule has 1 aromatic carbocycles. The first kappa shape index (κ1) is 21.9. The number of carbonyl (C=O) groups is 1. The summed E-state index contributed by atoms with van der Waals surface area (Å²) in [5.41, 5.74) is 7.17. The van der Waals surface area contributed by atoms with Crippen molar-refractivity contribution in [3.63, 3.8) is 0 Å². The number of hydrogen-bond donors (Lipinski definition) is 1. The normalized spacial score (nSPS) is 19.5. The molecule has 164 valence electrons. The third-order valence-corrected chi connectivity index (χ3v) is 8.33. The molecule has 2 aliphatic heterocycles. The van der Waals surface area contributed by atoms with E-state index in [2.05, 4.69) is 11.0 Å². The molecule has 0 unspecified atom stereocenters. The summed E-state index contributed by atoms with van der Waals surface area (Å²) in [4.78, 5) is 21.6. The average molecular weight is 449 g/mol. The molecule has 6 nitrogen and oxygen atoms in total. The topological polar surface area (TPSA) is 71.7 Å². The van der Waals surface area contributed by atoms with E-state index in [9.17, 15) is 4.79 Å². The zero-order valence-corrected chi connectivity index (χ0v) is 19.3. The Hall–Kier alpha value is -1.35. The molecule has 1 amide bonds. The number of piperidine rings is 1. The highest BCUT2D eigenvalue weighted by molar-refractivity contribution is 7.99. The van der Waals surface area contributed by atoms with Crippen LogP contribution in [-0.2, 0) is 4.79 Å². The minimum atomic E-state index is -0.327. The number of hydrogen-bond acceptors (Lipinski definition) is 7. The van der Waals surface area contributed by atoms with Crippen molar-refractivity contribution in [1.82, 2.24) is 14.8 Å². The smallest absolute Gasteiger partial charge is 0.240 e. The molecule has 2 aliphatic rings. The number of rotatable bonds is 8. The molecular weight excluding hydrogens is 416 g/mol. The zero-order chi connectivity index (χ0) is 20.9. The van der Waals surface area contributed by atoms with Crippen LogP contribution in [0.5, 0.6) is 5.75 Å². The lowest BCUT2D eigenvalue weighted by Crippen LogP contribution is -2.42. The van der Waals surface area contributed by atoms with Gasteiger partial charge in [-0.25, -0.2) is 4.98 Å². The Kier molecular flexibility index (Phi) is 7.51. The quantitative estimate of drug-likeness (QED) is 0.623. The average Bonchev–Trinajstić information content (AvgIpc) is 3.46. The molecule has 0 spiro atoms. The number of ether oxygens (including phenoxy) is 1. The van der Waals surface area contributed by atoms with Gasteiger partial charge in [-0.05, 0) is 57.5 Å². The van der Waals surface area contributed by atoms with Gasteiger partial charge in [0.15, 0.2) is 0 Å². The van der Waals surface area contributed by atoms with Crippen LogP contribution < -0.4 is 10.5 Å². The number of nitrogens with two attached hydrogens (primary N) is 1. The first-order chi connectivity index (χ1) is 14.6. The fourth-order valence-corrected chi connectivity index (χ4v) is 6.35. The van der Waals surface area contributed by atoms with Gasteiger partial charge in [0.25, 0.3) is 0 Å². The largest absolute Gasteiger partial charge is 0.497 e. The highest BCUT2D eigenvalue weighted by Crippen LogP contribution is 2.35. The minimum Gasteiger partial charge on any atom is -0.497 e. The van der Waals surface area contributed by atoms with Crippen LogP contribution in [0.3, 0.4) is 0 Å². The zero-order valence-electron chi connectivity index (χ0n) is 17.7. The summed E-state index contributed by atoms with van der Waals surface area (Å²) in [5, 5.41) is 1.27. The lowest BCUT2D eigenvalue weighted by Gasteiger charge is -2.31. The molecule has 0 saturated carbocycles. The molecule has 2 fully saturated rings. The maximum atomic E-state index is 12.3. The van der Waals surface area contributed by atoms with Gasteiger partial charge in [0.2, 0.25) is 5.91 Å². The Labute approximate surface area is 187 Å². The van der Waals surface area contributed by atoms with Gasteiger partial charge in [0.05, 0.1) is 34.3 Å². The number of thiazole rings is 1. The van der Waals surface area contributed by atoms with Crippen LogP contribution in [0.1, 0.15) is 43.0 Å². The van der Waals surface area contributed by atoms with Gasteiger partial charge in [-0.1, -0.05) is 6.42 Å². The second-order valence-electron chi connectivity index (χ2n) is 8.24. The standard InChI is InChI=1S/C22H32N4O2S2/c1-28-17-5-6-20-19(14-17)24-21(30-20)16-7-10-25(11-8-16)9-3-2-4-18(23)22(27)26-12-13-29-15-26/h5-6,14,16,18H,2-4,7-13,15,23H2,1H3/t18-/m0/s1. The highest BCUT2D eigenvalue weighted by atomic mass is 32.2.